The largest absolute Gasteiger partial charge is 0.455 e. The molecule has 3 nitrogen and oxygen atoms in total. The van der Waals surface area contributed by atoms with Crippen LogP contribution in [0.3, 0.4) is 0 Å². The van der Waals surface area contributed by atoms with Gasteiger partial charge in [0.15, 0.2) is 0 Å². The third kappa shape index (κ3) is 5.98. The first-order valence-electron chi connectivity index (χ1n) is 20.8. The molecule has 0 aliphatic rings. The normalized spacial score (nSPS) is 11.6. The van der Waals surface area contributed by atoms with Crippen LogP contribution < -0.4 is 4.90 Å². The quantitative estimate of drug-likeness (QED) is 0.161. The van der Waals surface area contributed by atoms with Crippen molar-refractivity contribution in [3.05, 3.63) is 231 Å². The summed E-state index contributed by atoms with van der Waals surface area (Å²) >= 11 is 0. The molecule has 0 saturated heterocycles. The molecule has 0 radical (unpaired) electrons. The zero-order chi connectivity index (χ0) is 40.3. The first-order chi connectivity index (χ1) is 30.2. The Morgan fingerprint density at radius 3 is 1.56 bits per heavy atom. The highest BCUT2D eigenvalue weighted by Gasteiger charge is 2.18. The van der Waals surface area contributed by atoms with E-state index in [1.165, 1.54) is 54.8 Å². The van der Waals surface area contributed by atoms with Crippen molar-refractivity contribution in [2.75, 3.05) is 4.90 Å². The van der Waals surface area contributed by atoms with E-state index in [9.17, 15) is 0 Å². The lowest BCUT2D eigenvalue weighted by Gasteiger charge is -2.26. The van der Waals surface area contributed by atoms with Crippen LogP contribution in [0.2, 0.25) is 0 Å². The summed E-state index contributed by atoms with van der Waals surface area (Å²) in [7, 11) is 0. The zero-order valence-corrected chi connectivity index (χ0v) is 33.2. The molecule has 0 amide bonds. The van der Waals surface area contributed by atoms with Crippen molar-refractivity contribution in [1.29, 1.82) is 0 Å². The maximum atomic E-state index is 6.44. The molecule has 12 rings (SSSR count). The van der Waals surface area contributed by atoms with Gasteiger partial charge >= 0.3 is 0 Å². The smallest absolute Gasteiger partial charge is 0.143 e. The van der Waals surface area contributed by atoms with E-state index in [0.29, 0.717) is 0 Å². The topological polar surface area (TPSA) is 21.3 Å². The van der Waals surface area contributed by atoms with Crippen molar-refractivity contribution in [3.8, 4) is 39.1 Å². The van der Waals surface area contributed by atoms with Gasteiger partial charge in [-0.2, -0.15) is 0 Å². The molecule has 0 N–H and O–H groups in total. The van der Waals surface area contributed by atoms with E-state index in [-0.39, 0.29) is 0 Å². The number of anilines is 3. The number of hydrogen-bond donors (Lipinski definition) is 0. The van der Waals surface area contributed by atoms with Gasteiger partial charge in [-0.15, -0.1) is 0 Å². The second kappa shape index (κ2) is 14.3. The van der Waals surface area contributed by atoms with Crippen LogP contribution >= 0.6 is 0 Å². The Balaban J connectivity index is 0.942. The van der Waals surface area contributed by atoms with Gasteiger partial charge in [0.25, 0.3) is 0 Å². The Bertz CT molecular complexity index is 3520. The molecule has 286 valence electrons. The van der Waals surface area contributed by atoms with Gasteiger partial charge in [0.2, 0.25) is 0 Å². The van der Waals surface area contributed by atoms with E-state index in [0.717, 1.165) is 55.8 Å². The molecule has 0 spiro atoms. The maximum absolute atomic E-state index is 6.44. The molecule has 0 saturated carbocycles. The number of aromatic nitrogens is 1. The molecule has 61 heavy (non-hydrogen) atoms. The summed E-state index contributed by atoms with van der Waals surface area (Å²) in [4.78, 5) is 2.36. The van der Waals surface area contributed by atoms with Crippen LogP contribution in [0.1, 0.15) is 0 Å². The summed E-state index contributed by atoms with van der Waals surface area (Å²) in [5.41, 5.74) is 15.5. The molecular weight excluding hydrogens is 741 g/mol. The first-order valence-corrected chi connectivity index (χ1v) is 20.8. The van der Waals surface area contributed by atoms with E-state index >= 15 is 0 Å². The molecule has 0 fully saturated rings. The number of rotatable bonds is 7. The number of para-hydroxylation sites is 4. The molecule has 10 aromatic carbocycles. The second-order valence-corrected chi connectivity index (χ2v) is 15.7. The van der Waals surface area contributed by atoms with Gasteiger partial charge in [0.05, 0.1) is 11.0 Å². The minimum absolute atomic E-state index is 0.903. The molecule has 0 unspecified atom stereocenters. The van der Waals surface area contributed by atoms with Crippen LogP contribution in [0.25, 0.3) is 93.6 Å². The van der Waals surface area contributed by atoms with E-state index < -0.39 is 0 Å². The fourth-order valence-corrected chi connectivity index (χ4v) is 9.21. The molecule has 0 aliphatic heterocycles. The number of nitrogens with zero attached hydrogens (tertiary/aromatic N) is 2. The van der Waals surface area contributed by atoms with Crippen molar-refractivity contribution in [2.24, 2.45) is 0 Å². The maximum Gasteiger partial charge on any atom is 0.143 e. The summed E-state index contributed by atoms with van der Waals surface area (Å²) < 4.78 is 8.83. The molecule has 0 atom stereocenters. The summed E-state index contributed by atoms with van der Waals surface area (Å²) in [6.45, 7) is 0. The van der Waals surface area contributed by atoms with Gasteiger partial charge < -0.3 is 13.9 Å². The molecule has 2 heterocycles. The molecule has 3 heteroatoms. The van der Waals surface area contributed by atoms with Crippen LogP contribution in [0.5, 0.6) is 0 Å². The SMILES string of the molecule is c1cc(N(c2ccc(-c3ccc(-c4ccc5ccccc5c4)cc3)cc2)c2ccc(-c3cccc4c3oc3ccccc34)cc2)cc(-n2c3ccccc3c3ccccc32)c1. The summed E-state index contributed by atoms with van der Waals surface area (Å²) in [5.74, 6) is 0. The highest BCUT2D eigenvalue weighted by atomic mass is 16.3. The fraction of sp³-hybridized carbons (Fsp3) is 0. The van der Waals surface area contributed by atoms with Gasteiger partial charge in [-0.05, 0) is 105 Å². The predicted octanol–water partition coefficient (Wildman–Crippen LogP) is 16.3. The van der Waals surface area contributed by atoms with Gasteiger partial charge in [0.1, 0.15) is 11.2 Å². The summed E-state index contributed by atoms with van der Waals surface area (Å²) in [5, 5.41) is 7.26. The monoisotopic (exact) mass is 778 g/mol. The van der Waals surface area contributed by atoms with Crippen LogP contribution in [-0.4, -0.2) is 4.57 Å². The van der Waals surface area contributed by atoms with Crippen LogP contribution in [-0.2, 0) is 0 Å². The lowest BCUT2D eigenvalue weighted by atomic mass is 9.98. The molecule has 2 aromatic heterocycles. The number of furan rings is 1. The average molecular weight is 779 g/mol. The van der Waals surface area contributed by atoms with Crippen LogP contribution in [0.4, 0.5) is 17.1 Å². The second-order valence-electron chi connectivity index (χ2n) is 15.7. The Morgan fingerprint density at radius 2 is 0.852 bits per heavy atom. The average Bonchev–Trinajstić information content (AvgIpc) is 3.88. The van der Waals surface area contributed by atoms with Crippen molar-refractivity contribution < 1.29 is 4.42 Å². The lowest BCUT2D eigenvalue weighted by molar-refractivity contribution is 0.670. The summed E-state index contributed by atoms with van der Waals surface area (Å²) in [6.07, 6.45) is 0. The molecule has 0 bridgehead atoms. The predicted molar refractivity (Wildman–Crippen MR) is 257 cm³/mol. The lowest BCUT2D eigenvalue weighted by Crippen LogP contribution is -2.10. The Kier molecular flexibility index (Phi) is 8.17. The van der Waals surface area contributed by atoms with Crippen molar-refractivity contribution >= 4 is 71.6 Å². The van der Waals surface area contributed by atoms with Crippen molar-refractivity contribution in [2.45, 2.75) is 0 Å². The third-order valence-corrected chi connectivity index (χ3v) is 12.2. The third-order valence-electron chi connectivity index (χ3n) is 12.2. The Hall–Kier alpha value is -8.14. The standard InChI is InChI=1S/C58H38N2O/c1-2-12-44-37-45(28-27-39(44)11-1)42-25-23-40(24-26-42)41-29-33-46(34-30-41)59(47-35-31-43(32-36-47)50-18-10-19-54-53-17-5-8-22-57(53)61-58(50)54)48-13-9-14-49(38-48)60-55-20-6-3-15-51(55)52-16-4-7-21-56(52)60/h1-38H. The number of hydrogen-bond acceptors (Lipinski definition) is 2. The van der Waals surface area contributed by atoms with E-state index in [1.807, 2.05) is 12.1 Å². The van der Waals surface area contributed by atoms with Crippen molar-refractivity contribution in [3.63, 3.8) is 0 Å². The highest BCUT2D eigenvalue weighted by Crippen LogP contribution is 2.41. The van der Waals surface area contributed by atoms with Gasteiger partial charge in [-0.25, -0.2) is 0 Å². The number of benzene rings is 10. The van der Waals surface area contributed by atoms with E-state index in [2.05, 4.69) is 228 Å². The highest BCUT2D eigenvalue weighted by molar-refractivity contribution is 6.10. The fourth-order valence-electron chi connectivity index (χ4n) is 9.21. The minimum atomic E-state index is 0.903. The van der Waals surface area contributed by atoms with E-state index in [4.69, 9.17) is 4.42 Å². The Labute approximate surface area is 353 Å². The van der Waals surface area contributed by atoms with Crippen molar-refractivity contribution in [1.82, 2.24) is 4.57 Å². The van der Waals surface area contributed by atoms with Crippen LogP contribution in [0.15, 0.2) is 235 Å². The number of fused-ring (bicyclic) bond motifs is 7. The minimum Gasteiger partial charge on any atom is -0.455 e. The zero-order valence-electron chi connectivity index (χ0n) is 33.2. The van der Waals surface area contributed by atoms with Gasteiger partial charge in [0, 0.05) is 49.9 Å². The van der Waals surface area contributed by atoms with Gasteiger partial charge in [-0.1, -0.05) is 164 Å². The summed E-state index contributed by atoms with van der Waals surface area (Å²) in [6, 6.07) is 82.9. The van der Waals surface area contributed by atoms with Crippen LogP contribution in [0, 0.1) is 0 Å². The Morgan fingerprint density at radius 1 is 0.328 bits per heavy atom. The molecular formula is C58H38N2O. The first kappa shape index (κ1) is 34.9. The molecule has 12 aromatic rings. The van der Waals surface area contributed by atoms with E-state index in [1.54, 1.807) is 0 Å². The molecule has 0 aliphatic carbocycles. The van der Waals surface area contributed by atoms with Gasteiger partial charge in [-0.3, -0.25) is 0 Å².